The molecular weight excluding hydrogens is 474 g/mol. The maximum atomic E-state index is 13.3. The number of nitrogens with one attached hydrogen (secondary N) is 1. The van der Waals surface area contributed by atoms with Crippen LogP contribution in [0.4, 0.5) is 0 Å². The standard InChI is InChI=1S/C31H35N5O2/c1-33(2)15-8-16-35-17-13-21(14-18-35)36-20-25(23-10-5-7-12-27(23)36)29-28(30(37)32-31(29)38)24-19-34(3)26-11-6-4-9-22(24)26/h4-7,9-12,19-21H,8,13-18H2,1-3H3,(H,32,37,38). The van der Waals surface area contributed by atoms with Crippen LogP contribution in [-0.2, 0) is 16.6 Å². The molecule has 2 amide bonds. The molecule has 38 heavy (non-hydrogen) atoms. The second kappa shape index (κ2) is 9.89. The van der Waals surface area contributed by atoms with Crippen molar-refractivity contribution in [2.45, 2.75) is 25.3 Å². The Morgan fingerprint density at radius 2 is 1.42 bits per heavy atom. The average Bonchev–Trinajstić information content (AvgIpc) is 3.54. The van der Waals surface area contributed by atoms with E-state index < -0.39 is 0 Å². The molecule has 4 heterocycles. The fraction of sp³-hybridized carbons (Fsp3) is 0.355. The Bertz CT molecular complexity index is 1570. The van der Waals surface area contributed by atoms with Crippen LogP contribution in [0.1, 0.15) is 36.4 Å². The molecule has 1 fully saturated rings. The van der Waals surface area contributed by atoms with E-state index in [-0.39, 0.29) is 11.8 Å². The third-order valence-electron chi connectivity index (χ3n) is 8.14. The highest BCUT2D eigenvalue weighted by atomic mass is 16.2. The predicted molar refractivity (Wildman–Crippen MR) is 153 cm³/mol. The molecule has 0 atom stereocenters. The summed E-state index contributed by atoms with van der Waals surface area (Å²) in [5.74, 6) is -0.652. The van der Waals surface area contributed by atoms with Gasteiger partial charge in [-0.1, -0.05) is 36.4 Å². The molecular formula is C31H35N5O2. The molecule has 2 aliphatic rings. The van der Waals surface area contributed by atoms with Gasteiger partial charge < -0.3 is 18.9 Å². The first-order valence-corrected chi connectivity index (χ1v) is 13.5. The zero-order valence-corrected chi connectivity index (χ0v) is 22.4. The van der Waals surface area contributed by atoms with E-state index in [4.69, 9.17) is 0 Å². The summed E-state index contributed by atoms with van der Waals surface area (Å²) in [5, 5.41) is 4.58. The zero-order valence-electron chi connectivity index (χ0n) is 22.4. The molecule has 0 saturated carbocycles. The number of para-hydroxylation sites is 2. The van der Waals surface area contributed by atoms with Crippen LogP contribution in [0.2, 0.25) is 0 Å². The van der Waals surface area contributed by atoms with E-state index in [2.05, 4.69) is 58.2 Å². The van der Waals surface area contributed by atoms with E-state index in [1.54, 1.807) is 0 Å². The van der Waals surface area contributed by atoms with Gasteiger partial charge in [-0.2, -0.15) is 0 Å². The van der Waals surface area contributed by atoms with E-state index in [0.29, 0.717) is 17.2 Å². The number of amides is 2. The van der Waals surface area contributed by atoms with Gasteiger partial charge >= 0.3 is 0 Å². The van der Waals surface area contributed by atoms with Crippen molar-refractivity contribution in [3.8, 4) is 0 Å². The Labute approximate surface area is 223 Å². The van der Waals surface area contributed by atoms with Gasteiger partial charge in [-0.05, 0) is 58.6 Å². The summed E-state index contributed by atoms with van der Waals surface area (Å²) < 4.78 is 4.37. The molecule has 1 saturated heterocycles. The number of imide groups is 1. The molecule has 4 aromatic rings. The molecule has 0 aliphatic carbocycles. The number of hydrogen-bond acceptors (Lipinski definition) is 4. The van der Waals surface area contributed by atoms with Crippen molar-refractivity contribution in [3.05, 3.63) is 72.1 Å². The van der Waals surface area contributed by atoms with Gasteiger partial charge in [0.15, 0.2) is 0 Å². The SMILES string of the molecule is CN(C)CCCN1CCC(n2cc(C3=C(c4cn(C)c5ccccc45)C(=O)NC3=O)c3ccccc32)CC1. The van der Waals surface area contributed by atoms with Gasteiger partial charge in [-0.3, -0.25) is 14.9 Å². The number of carbonyl (C=O) groups is 2. The summed E-state index contributed by atoms with van der Waals surface area (Å²) in [6, 6.07) is 16.6. The Morgan fingerprint density at radius 1 is 0.842 bits per heavy atom. The van der Waals surface area contributed by atoms with E-state index in [9.17, 15) is 9.59 Å². The second-order valence-electron chi connectivity index (χ2n) is 10.9. The zero-order chi connectivity index (χ0) is 26.4. The molecule has 0 spiro atoms. The molecule has 0 bridgehead atoms. The summed E-state index contributed by atoms with van der Waals surface area (Å²) in [6.07, 6.45) is 7.41. The van der Waals surface area contributed by atoms with Crippen LogP contribution in [0.5, 0.6) is 0 Å². The van der Waals surface area contributed by atoms with Crippen LogP contribution in [0.3, 0.4) is 0 Å². The van der Waals surface area contributed by atoms with Crippen molar-refractivity contribution >= 4 is 44.8 Å². The van der Waals surface area contributed by atoms with E-state index in [0.717, 1.165) is 72.0 Å². The molecule has 2 aliphatic heterocycles. The number of rotatable bonds is 7. The smallest absolute Gasteiger partial charge is 0.259 e. The number of piperidine rings is 1. The van der Waals surface area contributed by atoms with Crippen molar-refractivity contribution < 1.29 is 9.59 Å². The number of aromatic nitrogens is 2. The molecule has 196 valence electrons. The third kappa shape index (κ3) is 4.25. The van der Waals surface area contributed by atoms with Crippen LogP contribution in [0.15, 0.2) is 60.9 Å². The Kier molecular flexibility index (Phi) is 6.41. The van der Waals surface area contributed by atoms with Crippen molar-refractivity contribution in [2.24, 2.45) is 7.05 Å². The van der Waals surface area contributed by atoms with E-state index in [1.165, 1.54) is 6.42 Å². The van der Waals surface area contributed by atoms with E-state index in [1.807, 2.05) is 48.1 Å². The highest BCUT2D eigenvalue weighted by Crippen LogP contribution is 2.40. The maximum Gasteiger partial charge on any atom is 0.259 e. The molecule has 7 heteroatoms. The number of benzene rings is 2. The minimum Gasteiger partial charge on any atom is -0.350 e. The number of aryl methyl sites for hydroxylation is 1. The monoisotopic (exact) mass is 509 g/mol. The van der Waals surface area contributed by atoms with Crippen LogP contribution >= 0.6 is 0 Å². The molecule has 2 aromatic carbocycles. The van der Waals surface area contributed by atoms with Crippen LogP contribution < -0.4 is 5.32 Å². The van der Waals surface area contributed by atoms with Crippen molar-refractivity contribution in [1.82, 2.24) is 24.3 Å². The van der Waals surface area contributed by atoms with Gasteiger partial charge in [0.05, 0.1) is 11.1 Å². The number of fused-ring (bicyclic) bond motifs is 2. The number of nitrogens with zero attached hydrogens (tertiary/aromatic N) is 4. The summed E-state index contributed by atoms with van der Waals surface area (Å²) in [5.41, 5.74) is 4.71. The van der Waals surface area contributed by atoms with Gasteiger partial charge in [-0.15, -0.1) is 0 Å². The largest absolute Gasteiger partial charge is 0.350 e. The molecule has 0 unspecified atom stereocenters. The molecule has 6 rings (SSSR count). The first-order chi connectivity index (χ1) is 18.4. The predicted octanol–water partition coefficient (Wildman–Crippen LogP) is 4.29. The Hall–Kier alpha value is -3.68. The lowest BCUT2D eigenvalue weighted by atomic mass is 9.95. The van der Waals surface area contributed by atoms with Crippen molar-refractivity contribution in [2.75, 3.05) is 40.3 Å². The quantitative estimate of drug-likeness (QED) is 0.378. The highest BCUT2D eigenvalue weighted by Gasteiger charge is 2.36. The Morgan fingerprint density at radius 3 is 2.08 bits per heavy atom. The number of hydrogen-bond donors (Lipinski definition) is 1. The van der Waals surface area contributed by atoms with Gasteiger partial charge in [0.25, 0.3) is 11.8 Å². The minimum atomic E-state index is -0.329. The summed E-state index contributed by atoms with van der Waals surface area (Å²) in [4.78, 5) is 31.3. The van der Waals surface area contributed by atoms with Gasteiger partial charge in [-0.25, -0.2) is 0 Å². The molecule has 2 aromatic heterocycles. The second-order valence-corrected chi connectivity index (χ2v) is 10.9. The fourth-order valence-corrected chi connectivity index (χ4v) is 6.25. The lowest BCUT2D eigenvalue weighted by Crippen LogP contribution is -2.36. The number of likely N-dealkylation sites (tertiary alicyclic amines) is 1. The van der Waals surface area contributed by atoms with Crippen molar-refractivity contribution in [3.63, 3.8) is 0 Å². The summed E-state index contributed by atoms with van der Waals surface area (Å²) >= 11 is 0. The lowest BCUT2D eigenvalue weighted by Gasteiger charge is -2.33. The maximum absolute atomic E-state index is 13.3. The van der Waals surface area contributed by atoms with Gasteiger partial charge in [0.2, 0.25) is 0 Å². The third-order valence-corrected chi connectivity index (χ3v) is 8.14. The Balaban J connectivity index is 1.40. The lowest BCUT2D eigenvalue weighted by molar-refractivity contribution is -0.122. The first-order valence-electron chi connectivity index (χ1n) is 13.5. The topological polar surface area (TPSA) is 62.5 Å². The number of carbonyl (C=O) groups excluding carboxylic acids is 2. The molecule has 7 nitrogen and oxygen atoms in total. The van der Waals surface area contributed by atoms with Crippen LogP contribution in [-0.4, -0.2) is 71.0 Å². The fourth-order valence-electron chi connectivity index (χ4n) is 6.25. The minimum absolute atomic E-state index is 0.323. The van der Waals surface area contributed by atoms with Crippen LogP contribution in [0.25, 0.3) is 33.0 Å². The molecule has 1 N–H and O–H groups in total. The normalized spacial score (nSPS) is 17.5. The van der Waals surface area contributed by atoms with E-state index >= 15 is 0 Å². The van der Waals surface area contributed by atoms with Gasteiger partial charge in [0.1, 0.15) is 0 Å². The highest BCUT2D eigenvalue weighted by molar-refractivity contribution is 6.50. The first kappa shape index (κ1) is 24.6. The average molecular weight is 510 g/mol. The summed E-state index contributed by atoms with van der Waals surface area (Å²) in [7, 11) is 6.22. The molecule has 0 radical (unpaired) electrons. The summed E-state index contributed by atoms with van der Waals surface area (Å²) in [6.45, 7) is 4.39. The van der Waals surface area contributed by atoms with Gasteiger partial charge in [0, 0.05) is 71.5 Å². The van der Waals surface area contributed by atoms with Crippen molar-refractivity contribution in [1.29, 1.82) is 0 Å². The van der Waals surface area contributed by atoms with Crippen LogP contribution in [0, 0.1) is 0 Å².